The van der Waals surface area contributed by atoms with Crippen molar-refractivity contribution in [3.63, 3.8) is 0 Å². The molecule has 5 nitrogen and oxygen atoms in total. The number of hydrazone groups is 1. The maximum Gasteiger partial charge on any atom is 0.235 e. The fourth-order valence-electron chi connectivity index (χ4n) is 2.57. The highest BCUT2D eigenvalue weighted by Crippen LogP contribution is 2.17. The zero-order valence-corrected chi connectivity index (χ0v) is 14.6. The number of nitrogens with zero attached hydrogens (tertiary/aromatic N) is 3. The van der Waals surface area contributed by atoms with E-state index < -0.39 is 0 Å². The Kier molecular flexibility index (Phi) is 6.47. The summed E-state index contributed by atoms with van der Waals surface area (Å²) in [4.78, 5) is 2.34. The number of benzene rings is 1. The highest BCUT2D eigenvalue weighted by Gasteiger charge is 2.20. The molecule has 0 bridgehead atoms. The molecule has 1 N–H and O–H groups in total. The van der Waals surface area contributed by atoms with Gasteiger partial charge in [0.05, 0.1) is 5.69 Å². The zero-order valence-electron chi connectivity index (χ0n) is 14.6. The average Bonchev–Trinajstić information content (AvgIpc) is 2.57. The first kappa shape index (κ1) is 17.3. The van der Waals surface area contributed by atoms with Crippen molar-refractivity contribution in [1.82, 2.24) is 10.2 Å². The molecular formula is C18H28N4O. The van der Waals surface area contributed by atoms with Gasteiger partial charge in [-0.25, -0.2) is 0 Å². The maximum atomic E-state index is 6.22. The molecule has 0 spiro atoms. The Morgan fingerprint density at radius 2 is 1.96 bits per heavy atom. The number of hydrogen-bond donors (Lipinski definition) is 1. The van der Waals surface area contributed by atoms with Crippen LogP contribution in [0.4, 0.5) is 5.69 Å². The van der Waals surface area contributed by atoms with E-state index in [1.165, 1.54) is 0 Å². The summed E-state index contributed by atoms with van der Waals surface area (Å²) in [6.07, 6.45) is 4.23. The molecule has 0 saturated carbocycles. The lowest BCUT2D eigenvalue weighted by molar-refractivity contribution is 0.104. The monoisotopic (exact) mass is 316 g/mol. The van der Waals surface area contributed by atoms with Crippen LogP contribution in [0.25, 0.3) is 0 Å². The van der Waals surface area contributed by atoms with Gasteiger partial charge in [-0.1, -0.05) is 18.2 Å². The third kappa shape index (κ3) is 5.28. The first-order chi connectivity index (χ1) is 11.1. The lowest BCUT2D eigenvalue weighted by Crippen LogP contribution is -2.36. The van der Waals surface area contributed by atoms with Crippen molar-refractivity contribution in [3.8, 4) is 0 Å². The molecule has 2 rings (SSSR count). The first-order valence-electron chi connectivity index (χ1n) is 8.17. The van der Waals surface area contributed by atoms with Crippen molar-refractivity contribution >= 4 is 11.6 Å². The summed E-state index contributed by atoms with van der Waals surface area (Å²) in [6.45, 7) is 4.16. The molecule has 0 unspecified atom stereocenters. The molecule has 1 aromatic carbocycles. The molecule has 0 atom stereocenters. The van der Waals surface area contributed by atoms with Crippen LogP contribution in [0, 0.1) is 0 Å². The Balaban J connectivity index is 2.13. The van der Waals surface area contributed by atoms with E-state index in [-0.39, 0.29) is 6.10 Å². The standard InChI is InChI=1S/C18H28N4O/c1-15(14-19-2)18(23-17-10-12-21(3)13-11-17)20-22(4)16-8-6-5-7-9-16/h5-9,14,17,19H,10-13H2,1-4H3/b15-14+,20-18+. The summed E-state index contributed by atoms with van der Waals surface area (Å²) in [5.41, 5.74) is 2.03. The Morgan fingerprint density at radius 3 is 2.57 bits per heavy atom. The molecule has 0 aliphatic carbocycles. The van der Waals surface area contributed by atoms with E-state index in [2.05, 4.69) is 22.4 Å². The van der Waals surface area contributed by atoms with Gasteiger partial charge in [0, 0.05) is 39.0 Å². The van der Waals surface area contributed by atoms with Gasteiger partial charge in [0.25, 0.3) is 0 Å². The number of nitrogens with one attached hydrogen (secondary N) is 1. The van der Waals surface area contributed by atoms with Crippen molar-refractivity contribution in [2.75, 3.05) is 39.2 Å². The van der Waals surface area contributed by atoms with Crippen LogP contribution in [-0.4, -0.2) is 51.1 Å². The number of rotatable bonds is 5. The first-order valence-corrected chi connectivity index (χ1v) is 8.17. The molecule has 5 heteroatoms. The van der Waals surface area contributed by atoms with Crippen molar-refractivity contribution in [2.45, 2.75) is 25.9 Å². The molecule has 1 aliphatic heterocycles. The van der Waals surface area contributed by atoms with E-state index in [1.807, 2.05) is 62.6 Å². The second-order valence-electron chi connectivity index (χ2n) is 6.00. The van der Waals surface area contributed by atoms with Gasteiger partial charge in [0.1, 0.15) is 6.10 Å². The SMILES string of the molecule is CN/C=C(C)/C(=N\N(C)c1ccccc1)OC1CCN(C)CC1. The molecule has 1 saturated heterocycles. The van der Waals surface area contributed by atoms with E-state index in [0.717, 1.165) is 37.2 Å². The molecule has 23 heavy (non-hydrogen) atoms. The topological polar surface area (TPSA) is 40.1 Å². The molecule has 1 fully saturated rings. The van der Waals surface area contributed by atoms with Gasteiger partial charge in [-0.2, -0.15) is 0 Å². The highest BCUT2D eigenvalue weighted by atomic mass is 16.5. The lowest BCUT2D eigenvalue weighted by atomic mass is 10.1. The number of para-hydroxylation sites is 1. The highest BCUT2D eigenvalue weighted by molar-refractivity contribution is 5.93. The van der Waals surface area contributed by atoms with E-state index >= 15 is 0 Å². The quantitative estimate of drug-likeness (QED) is 0.515. The van der Waals surface area contributed by atoms with Gasteiger partial charge in [0.15, 0.2) is 0 Å². The molecule has 126 valence electrons. The van der Waals surface area contributed by atoms with E-state index in [0.29, 0.717) is 5.90 Å². The minimum Gasteiger partial charge on any atom is -0.473 e. The lowest BCUT2D eigenvalue weighted by Gasteiger charge is -2.30. The van der Waals surface area contributed by atoms with Crippen LogP contribution in [-0.2, 0) is 4.74 Å². The van der Waals surface area contributed by atoms with Crippen molar-refractivity contribution in [3.05, 3.63) is 42.1 Å². The fourth-order valence-corrected chi connectivity index (χ4v) is 2.57. The number of likely N-dealkylation sites (tertiary alicyclic amines) is 1. The largest absolute Gasteiger partial charge is 0.473 e. The van der Waals surface area contributed by atoms with Crippen LogP contribution in [0.2, 0.25) is 0 Å². The van der Waals surface area contributed by atoms with Crippen LogP contribution in [0.15, 0.2) is 47.2 Å². The second-order valence-corrected chi connectivity index (χ2v) is 6.00. The summed E-state index contributed by atoms with van der Waals surface area (Å²) < 4.78 is 6.22. The van der Waals surface area contributed by atoms with E-state index in [4.69, 9.17) is 4.74 Å². The molecule has 0 amide bonds. The molecule has 0 aromatic heterocycles. The van der Waals surface area contributed by atoms with Gasteiger partial charge in [-0.3, -0.25) is 5.01 Å². The summed E-state index contributed by atoms with van der Waals surface area (Å²) in [5.74, 6) is 0.681. The minimum atomic E-state index is 0.231. The average molecular weight is 316 g/mol. The molecule has 1 heterocycles. The Hall–Kier alpha value is -2.01. The Morgan fingerprint density at radius 1 is 1.30 bits per heavy atom. The predicted octanol–water partition coefficient (Wildman–Crippen LogP) is 2.67. The molecule has 0 radical (unpaired) electrons. The predicted molar refractivity (Wildman–Crippen MR) is 96.7 cm³/mol. The van der Waals surface area contributed by atoms with Crippen LogP contribution in [0.1, 0.15) is 19.8 Å². The van der Waals surface area contributed by atoms with E-state index in [9.17, 15) is 0 Å². The second kappa shape index (κ2) is 8.58. The van der Waals surface area contributed by atoms with E-state index in [1.54, 1.807) is 0 Å². The van der Waals surface area contributed by atoms with Crippen LogP contribution < -0.4 is 10.3 Å². The molecule has 1 aromatic rings. The molecule has 1 aliphatic rings. The van der Waals surface area contributed by atoms with Gasteiger partial charge < -0.3 is 15.0 Å². The van der Waals surface area contributed by atoms with Gasteiger partial charge in [-0.15, -0.1) is 5.10 Å². The number of anilines is 1. The summed E-state index contributed by atoms with van der Waals surface area (Å²) in [5, 5.41) is 9.60. The fraction of sp³-hybridized carbons (Fsp3) is 0.500. The van der Waals surface area contributed by atoms with Gasteiger partial charge in [-0.05, 0) is 38.9 Å². The van der Waals surface area contributed by atoms with Crippen LogP contribution >= 0.6 is 0 Å². The van der Waals surface area contributed by atoms with Crippen molar-refractivity contribution in [1.29, 1.82) is 0 Å². The number of ether oxygens (including phenoxy) is 1. The Bertz CT molecular complexity index is 533. The Labute approximate surface area is 139 Å². The smallest absolute Gasteiger partial charge is 0.235 e. The molecular weight excluding hydrogens is 288 g/mol. The van der Waals surface area contributed by atoms with Gasteiger partial charge in [0.2, 0.25) is 5.90 Å². The summed E-state index contributed by atoms with van der Waals surface area (Å²) >= 11 is 0. The maximum absolute atomic E-state index is 6.22. The minimum absolute atomic E-state index is 0.231. The van der Waals surface area contributed by atoms with Crippen LogP contribution in [0.5, 0.6) is 0 Å². The van der Waals surface area contributed by atoms with Gasteiger partial charge >= 0.3 is 0 Å². The summed E-state index contributed by atoms with van der Waals surface area (Å²) in [6, 6.07) is 10.1. The van der Waals surface area contributed by atoms with Crippen LogP contribution in [0.3, 0.4) is 0 Å². The number of piperidine rings is 1. The third-order valence-corrected chi connectivity index (χ3v) is 4.01. The summed E-state index contributed by atoms with van der Waals surface area (Å²) in [7, 11) is 5.98. The number of hydrogen-bond acceptors (Lipinski definition) is 5. The zero-order chi connectivity index (χ0) is 16.7. The van der Waals surface area contributed by atoms with Crippen molar-refractivity contribution in [2.24, 2.45) is 5.10 Å². The normalized spacial score (nSPS) is 17.9. The van der Waals surface area contributed by atoms with Crippen molar-refractivity contribution < 1.29 is 4.74 Å². The third-order valence-electron chi connectivity index (χ3n) is 4.01.